The molecule has 2 aliphatic carbocycles. The first-order chi connectivity index (χ1) is 21.8. The molecule has 3 N–H and O–H groups in total. The van der Waals surface area contributed by atoms with Crippen LogP contribution in [0.5, 0.6) is 0 Å². The van der Waals surface area contributed by atoms with E-state index < -0.39 is 35.7 Å². The number of nitrogens with zero attached hydrogens (tertiary/aromatic N) is 2. The van der Waals surface area contributed by atoms with Gasteiger partial charge in [0, 0.05) is 37.0 Å². The highest BCUT2D eigenvalue weighted by atomic mass is 19.1. The molecule has 0 aromatic heterocycles. The van der Waals surface area contributed by atoms with Crippen LogP contribution in [0.25, 0.3) is 0 Å². The maximum Gasteiger partial charge on any atom is 0.410 e. The van der Waals surface area contributed by atoms with E-state index in [1.54, 1.807) is 17.0 Å². The van der Waals surface area contributed by atoms with Crippen LogP contribution >= 0.6 is 0 Å². The van der Waals surface area contributed by atoms with Crippen molar-refractivity contribution < 1.29 is 28.3 Å². The molecule has 0 unspecified atom stereocenters. The predicted octanol–water partition coefficient (Wildman–Crippen LogP) is 3.68. The zero-order valence-electron chi connectivity index (χ0n) is 26.2. The zero-order valence-corrected chi connectivity index (χ0v) is 26.2. The Morgan fingerprint density at radius 2 is 1.96 bits per heavy atom. The number of hydrogen-bond donors (Lipinski definition) is 3. The van der Waals surface area contributed by atoms with Gasteiger partial charge in [0.25, 0.3) is 0 Å². The smallest absolute Gasteiger partial charge is 0.410 e. The highest BCUT2D eigenvalue weighted by molar-refractivity contribution is 5.98. The topological polar surface area (TPSA) is 120 Å². The molecule has 0 bridgehead atoms. The van der Waals surface area contributed by atoms with Gasteiger partial charge in [-0.2, -0.15) is 0 Å². The minimum atomic E-state index is -1.05. The number of carbonyl (C=O) groups is 4. The molecule has 244 valence electrons. The fourth-order valence-corrected chi connectivity index (χ4v) is 7.17. The molecule has 4 amide bonds. The Morgan fingerprint density at radius 3 is 2.71 bits per heavy atom. The lowest BCUT2D eigenvalue weighted by molar-refractivity contribution is -0.141. The normalized spacial score (nSPS) is 31.0. The Morgan fingerprint density at radius 1 is 1.11 bits per heavy atom. The van der Waals surface area contributed by atoms with Gasteiger partial charge in [0.05, 0.1) is 19.1 Å². The SMILES string of the molecule is CCCNC(=O)[C@@]12C[C@H]1/C=C\CCCCC[C@H](NC1CCC1)C(=O)N1C[C@H](OC(=O)N3Cc4cccc(F)c4C3)C[C@H]1C(=O)N2. The van der Waals surface area contributed by atoms with E-state index in [9.17, 15) is 23.6 Å². The molecule has 1 aromatic rings. The lowest BCUT2D eigenvalue weighted by Crippen LogP contribution is -2.58. The number of benzene rings is 1. The van der Waals surface area contributed by atoms with Gasteiger partial charge in [-0.3, -0.25) is 19.3 Å². The van der Waals surface area contributed by atoms with Crippen molar-refractivity contribution in [3.05, 3.63) is 47.3 Å². The fraction of sp³-hybridized carbons (Fsp3) is 0.647. The average Bonchev–Trinajstić information content (AvgIpc) is 3.31. The summed E-state index contributed by atoms with van der Waals surface area (Å²) in [4.78, 5) is 57.9. The summed E-state index contributed by atoms with van der Waals surface area (Å²) in [6, 6.07) is 3.75. The van der Waals surface area contributed by atoms with Crippen molar-refractivity contribution in [2.75, 3.05) is 13.1 Å². The van der Waals surface area contributed by atoms with Gasteiger partial charge in [0.2, 0.25) is 17.7 Å². The summed E-state index contributed by atoms with van der Waals surface area (Å²) in [5, 5.41) is 9.56. The van der Waals surface area contributed by atoms with E-state index >= 15 is 0 Å². The molecule has 1 saturated heterocycles. The van der Waals surface area contributed by atoms with Crippen molar-refractivity contribution in [3.8, 4) is 0 Å². The summed E-state index contributed by atoms with van der Waals surface area (Å²) >= 11 is 0. The van der Waals surface area contributed by atoms with E-state index in [4.69, 9.17) is 4.74 Å². The summed E-state index contributed by atoms with van der Waals surface area (Å²) in [5.41, 5.74) is 0.166. The van der Waals surface area contributed by atoms with Gasteiger partial charge in [-0.1, -0.05) is 50.5 Å². The molecule has 0 spiro atoms. The molecule has 3 aliphatic heterocycles. The van der Waals surface area contributed by atoms with Crippen molar-refractivity contribution in [3.63, 3.8) is 0 Å². The van der Waals surface area contributed by atoms with Crippen LogP contribution in [0.1, 0.15) is 88.7 Å². The lowest BCUT2D eigenvalue weighted by atomic mass is 9.91. The second-order valence-electron chi connectivity index (χ2n) is 13.4. The maximum atomic E-state index is 14.3. The van der Waals surface area contributed by atoms with Crippen LogP contribution in [-0.4, -0.2) is 76.5 Å². The highest BCUT2D eigenvalue weighted by Crippen LogP contribution is 2.45. The molecule has 11 heteroatoms. The van der Waals surface area contributed by atoms with Crippen molar-refractivity contribution in [2.45, 2.75) is 120 Å². The summed E-state index contributed by atoms with van der Waals surface area (Å²) in [6.45, 7) is 2.92. The van der Waals surface area contributed by atoms with Gasteiger partial charge in [-0.05, 0) is 56.6 Å². The van der Waals surface area contributed by atoms with E-state index in [2.05, 4.69) is 22.0 Å². The Labute approximate surface area is 264 Å². The minimum absolute atomic E-state index is 0.0824. The van der Waals surface area contributed by atoms with Crippen molar-refractivity contribution in [2.24, 2.45) is 5.92 Å². The standard InChI is InChI=1S/C34H46FN5O5/c1-2-16-36-32(43)34-18-23(34)11-6-4-3-5-7-15-28(37-24-12-9-13-24)31(42)40-20-25(17-29(40)30(41)38-34)45-33(44)39-19-22-10-8-14-27(35)26(22)21-39/h6,8,10-11,14,23-25,28-29,37H,2-5,7,9,12-13,15-21H2,1H3,(H,36,43)(H,38,41)/b11-6-/t23-,25-,28+,29+,34-/m1/s1. The number of carbonyl (C=O) groups excluding carboxylic acids is 4. The van der Waals surface area contributed by atoms with E-state index in [0.717, 1.165) is 56.9 Å². The second kappa shape index (κ2) is 13.5. The Hall–Kier alpha value is -3.47. The van der Waals surface area contributed by atoms with Crippen molar-refractivity contribution in [1.29, 1.82) is 0 Å². The van der Waals surface area contributed by atoms with Crippen LogP contribution in [0.2, 0.25) is 0 Å². The molecule has 3 fully saturated rings. The number of amides is 4. The predicted molar refractivity (Wildman–Crippen MR) is 165 cm³/mol. The minimum Gasteiger partial charge on any atom is -0.444 e. The van der Waals surface area contributed by atoms with Crippen LogP contribution < -0.4 is 16.0 Å². The summed E-state index contributed by atoms with van der Waals surface area (Å²) in [5.74, 6) is -1.25. The van der Waals surface area contributed by atoms with Crippen LogP contribution in [0, 0.1) is 11.7 Å². The number of nitrogens with one attached hydrogen (secondary N) is 3. The monoisotopic (exact) mass is 623 g/mol. The van der Waals surface area contributed by atoms with Gasteiger partial charge in [0.15, 0.2) is 0 Å². The van der Waals surface area contributed by atoms with Crippen molar-refractivity contribution in [1.82, 2.24) is 25.8 Å². The molecule has 3 heterocycles. The first-order valence-electron chi connectivity index (χ1n) is 16.8. The quantitative estimate of drug-likeness (QED) is 0.416. The highest BCUT2D eigenvalue weighted by Gasteiger charge is 2.61. The number of halogens is 1. The third kappa shape index (κ3) is 6.73. The zero-order chi connectivity index (χ0) is 31.6. The van der Waals surface area contributed by atoms with Crippen LogP contribution in [0.4, 0.5) is 9.18 Å². The van der Waals surface area contributed by atoms with Gasteiger partial charge < -0.3 is 25.6 Å². The van der Waals surface area contributed by atoms with Crippen LogP contribution in [0.15, 0.2) is 30.4 Å². The Balaban J connectivity index is 1.22. The van der Waals surface area contributed by atoms with Gasteiger partial charge in [-0.25, -0.2) is 9.18 Å². The van der Waals surface area contributed by atoms with Crippen LogP contribution in [0.3, 0.4) is 0 Å². The molecule has 2 saturated carbocycles. The fourth-order valence-electron chi connectivity index (χ4n) is 7.17. The number of ether oxygens (including phenoxy) is 1. The molecular weight excluding hydrogens is 577 g/mol. The van der Waals surface area contributed by atoms with E-state index in [1.165, 1.54) is 11.0 Å². The third-order valence-corrected chi connectivity index (χ3v) is 10.2. The summed E-state index contributed by atoms with van der Waals surface area (Å²) in [6.07, 6.45) is 11.8. The first kappa shape index (κ1) is 31.5. The molecule has 5 aliphatic rings. The van der Waals surface area contributed by atoms with Gasteiger partial charge in [-0.15, -0.1) is 0 Å². The summed E-state index contributed by atoms with van der Waals surface area (Å²) < 4.78 is 20.2. The molecular formula is C34H46FN5O5. The molecule has 5 atom stereocenters. The molecule has 10 nitrogen and oxygen atoms in total. The number of fused-ring (bicyclic) bond motifs is 3. The van der Waals surface area contributed by atoms with Crippen LogP contribution in [-0.2, 0) is 32.2 Å². The molecule has 1 aromatic carbocycles. The number of hydrogen-bond acceptors (Lipinski definition) is 6. The average molecular weight is 624 g/mol. The molecule has 45 heavy (non-hydrogen) atoms. The van der Waals surface area contributed by atoms with Gasteiger partial charge >= 0.3 is 6.09 Å². The number of allylic oxidation sites excluding steroid dienone is 1. The van der Waals surface area contributed by atoms with E-state index in [0.29, 0.717) is 24.9 Å². The Bertz CT molecular complexity index is 1330. The number of rotatable bonds is 6. The van der Waals surface area contributed by atoms with E-state index in [-0.39, 0.29) is 55.6 Å². The second-order valence-corrected chi connectivity index (χ2v) is 13.4. The van der Waals surface area contributed by atoms with Gasteiger partial charge in [0.1, 0.15) is 23.5 Å². The first-order valence-corrected chi connectivity index (χ1v) is 16.8. The van der Waals surface area contributed by atoms with E-state index in [1.807, 2.05) is 13.0 Å². The Kier molecular flexibility index (Phi) is 9.44. The molecule has 0 radical (unpaired) electrons. The third-order valence-electron chi connectivity index (χ3n) is 10.2. The van der Waals surface area contributed by atoms with Crippen molar-refractivity contribution >= 4 is 23.8 Å². The summed E-state index contributed by atoms with van der Waals surface area (Å²) in [7, 11) is 0. The maximum absolute atomic E-state index is 14.3. The lowest BCUT2D eigenvalue weighted by Gasteiger charge is -2.34. The largest absolute Gasteiger partial charge is 0.444 e. The molecule has 6 rings (SSSR count).